The van der Waals surface area contributed by atoms with Gasteiger partial charge in [0.05, 0.1) is 17.7 Å². The molecule has 0 bridgehead atoms. The number of imidazole rings is 1. The van der Waals surface area contributed by atoms with Crippen LogP contribution in [0.25, 0.3) is 22.4 Å². The zero-order valence-corrected chi connectivity index (χ0v) is 9.40. The van der Waals surface area contributed by atoms with Crippen molar-refractivity contribution in [3.63, 3.8) is 0 Å². The van der Waals surface area contributed by atoms with Gasteiger partial charge in [0.2, 0.25) is 0 Å². The van der Waals surface area contributed by atoms with Crippen molar-refractivity contribution in [2.24, 2.45) is 5.73 Å². The van der Waals surface area contributed by atoms with Gasteiger partial charge in [0.1, 0.15) is 5.52 Å². The summed E-state index contributed by atoms with van der Waals surface area (Å²) in [5, 5.41) is 0. The molecule has 3 rings (SSSR count). The summed E-state index contributed by atoms with van der Waals surface area (Å²) in [6, 6.07) is 5.83. The maximum Gasteiger partial charge on any atom is 0.192 e. The molecule has 0 aliphatic rings. The summed E-state index contributed by atoms with van der Waals surface area (Å²) in [5.41, 5.74) is 10.0. The molecule has 0 unspecified atom stereocenters. The lowest BCUT2D eigenvalue weighted by Gasteiger charge is -1.99. The number of nitrogens with zero attached hydrogens (tertiary/aromatic N) is 2. The zero-order chi connectivity index (χ0) is 11.8. The highest BCUT2D eigenvalue weighted by molar-refractivity contribution is 5.79. The number of aromatic nitrogens is 3. The molecule has 0 amide bonds. The van der Waals surface area contributed by atoms with Crippen LogP contribution in [-0.4, -0.2) is 15.0 Å². The zero-order valence-electron chi connectivity index (χ0n) is 9.40. The lowest BCUT2D eigenvalue weighted by molar-refractivity contribution is 0.561. The Hall–Kier alpha value is -2.14. The standard InChI is InChI=1S/C12H12N4O/c1-7-16-9-3-2-8(4-11(9)17-7)12-10(5-13)14-6-15-12/h2-4,6H,5,13H2,1H3,(H,14,15). The summed E-state index contributed by atoms with van der Waals surface area (Å²) in [6.45, 7) is 2.27. The van der Waals surface area contributed by atoms with Gasteiger partial charge in [0, 0.05) is 19.0 Å². The Morgan fingerprint density at radius 3 is 3.12 bits per heavy atom. The molecule has 0 atom stereocenters. The van der Waals surface area contributed by atoms with Gasteiger partial charge in [-0.25, -0.2) is 9.97 Å². The van der Waals surface area contributed by atoms with Gasteiger partial charge >= 0.3 is 0 Å². The normalized spacial score (nSPS) is 11.2. The van der Waals surface area contributed by atoms with Gasteiger partial charge in [0.25, 0.3) is 0 Å². The van der Waals surface area contributed by atoms with Gasteiger partial charge < -0.3 is 15.1 Å². The Kier molecular flexibility index (Phi) is 2.19. The lowest BCUT2D eigenvalue weighted by atomic mass is 10.1. The monoisotopic (exact) mass is 228 g/mol. The van der Waals surface area contributed by atoms with E-state index in [1.54, 1.807) is 6.33 Å². The minimum absolute atomic E-state index is 0.433. The van der Waals surface area contributed by atoms with Crippen molar-refractivity contribution in [3.8, 4) is 11.3 Å². The molecule has 86 valence electrons. The number of rotatable bonds is 2. The largest absolute Gasteiger partial charge is 0.441 e. The minimum Gasteiger partial charge on any atom is -0.441 e. The molecule has 5 nitrogen and oxygen atoms in total. The van der Waals surface area contributed by atoms with E-state index < -0.39 is 0 Å². The molecule has 2 aromatic heterocycles. The van der Waals surface area contributed by atoms with Crippen molar-refractivity contribution in [1.82, 2.24) is 15.0 Å². The van der Waals surface area contributed by atoms with Crippen LogP contribution >= 0.6 is 0 Å². The van der Waals surface area contributed by atoms with E-state index in [-0.39, 0.29) is 0 Å². The van der Waals surface area contributed by atoms with Gasteiger partial charge in [0.15, 0.2) is 11.5 Å². The van der Waals surface area contributed by atoms with Gasteiger partial charge in [-0.3, -0.25) is 0 Å². The van der Waals surface area contributed by atoms with E-state index in [1.165, 1.54) is 0 Å². The van der Waals surface area contributed by atoms with E-state index in [0.717, 1.165) is 28.1 Å². The molecule has 0 radical (unpaired) electrons. The first kappa shape index (κ1) is 10.0. The average Bonchev–Trinajstić information content (AvgIpc) is 2.91. The van der Waals surface area contributed by atoms with Crippen LogP contribution in [0.15, 0.2) is 28.9 Å². The predicted octanol–water partition coefficient (Wildman–Crippen LogP) is 1.99. The topological polar surface area (TPSA) is 80.7 Å². The first-order valence-corrected chi connectivity index (χ1v) is 5.38. The average molecular weight is 228 g/mol. The van der Waals surface area contributed by atoms with Crippen molar-refractivity contribution in [2.75, 3.05) is 0 Å². The molecule has 0 aliphatic carbocycles. The van der Waals surface area contributed by atoms with Gasteiger partial charge in [-0.2, -0.15) is 0 Å². The first-order chi connectivity index (χ1) is 8.28. The number of nitrogens with one attached hydrogen (secondary N) is 1. The number of hydrogen-bond acceptors (Lipinski definition) is 4. The molecule has 17 heavy (non-hydrogen) atoms. The Labute approximate surface area is 97.7 Å². The molecule has 0 fully saturated rings. The maximum atomic E-state index is 5.64. The molecular weight excluding hydrogens is 216 g/mol. The lowest BCUT2D eigenvalue weighted by Crippen LogP contribution is -1.98. The number of nitrogens with two attached hydrogens (primary N) is 1. The summed E-state index contributed by atoms with van der Waals surface area (Å²) in [5.74, 6) is 0.665. The van der Waals surface area contributed by atoms with Gasteiger partial charge in [-0.1, -0.05) is 6.07 Å². The van der Waals surface area contributed by atoms with E-state index >= 15 is 0 Å². The molecule has 0 saturated carbocycles. The van der Waals surface area contributed by atoms with Gasteiger partial charge in [-0.15, -0.1) is 0 Å². The van der Waals surface area contributed by atoms with Crippen LogP contribution in [0.4, 0.5) is 0 Å². The molecule has 0 saturated heterocycles. The Morgan fingerprint density at radius 1 is 1.41 bits per heavy atom. The highest BCUT2D eigenvalue weighted by Gasteiger charge is 2.09. The summed E-state index contributed by atoms with van der Waals surface area (Å²) in [6.07, 6.45) is 1.65. The summed E-state index contributed by atoms with van der Waals surface area (Å²) >= 11 is 0. The third-order valence-electron chi connectivity index (χ3n) is 2.69. The first-order valence-electron chi connectivity index (χ1n) is 5.38. The van der Waals surface area contributed by atoms with E-state index in [9.17, 15) is 0 Å². The summed E-state index contributed by atoms with van der Waals surface area (Å²) in [4.78, 5) is 11.6. The fourth-order valence-corrected chi connectivity index (χ4v) is 1.91. The highest BCUT2D eigenvalue weighted by atomic mass is 16.3. The van der Waals surface area contributed by atoms with E-state index in [2.05, 4.69) is 15.0 Å². The van der Waals surface area contributed by atoms with Crippen LogP contribution in [0.5, 0.6) is 0 Å². The molecule has 0 spiro atoms. The van der Waals surface area contributed by atoms with E-state index in [0.29, 0.717) is 12.4 Å². The number of fused-ring (bicyclic) bond motifs is 1. The molecular formula is C12H12N4O. The third kappa shape index (κ3) is 1.60. The van der Waals surface area contributed by atoms with Crippen LogP contribution in [-0.2, 0) is 6.54 Å². The van der Waals surface area contributed by atoms with Crippen molar-refractivity contribution < 1.29 is 4.42 Å². The van der Waals surface area contributed by atoms with Crippen LogP contribution in [0.3, 0.4) is 0 Å². The molecule has 3 N–H and O–H groups in total. The summed E-state index contributed by atoms with van der Waals surface area (Å²) < 4.78 is 5.50. The van der Waals surface area contributed by atoms with Crippen LogP contribution in [0, 0.1) is 6.92 Å². The quantitative estimate of drug-likeness (QED) is 0.702. The molecule has 1 aromatic carbocycles. The van der Waals surface area contributed by atoms with Crippen LogP contribution < -0.4 is 5.73 Å². The number of oxazole rings is 1. The fraction of sp³-hybridized carbons (Fsp3) is 0.167. The second-order valence-corrected chi connectivity index (χ2v) is 3.85. The molecule has 0 aliphatic heterocycles. The molecule has 3 aromatic rings. The minimum atomic E-state index is 0.433. The van der Waals surface area contributed by atoms with Crippen molar-refractivity contribution in [1.29, 1.82) is 0 Å². The SMILES string of the molecule is Cc1nc2ccc(-c3nc[nH]c3CN)cc2o1. The van der Waals surface area contributed by atoms with Crippen LogP contribution in [0.1, 0.15) is 11.6 Å². The smallest absolute Gasteiger partial charge is 0.192 e. The van der Waals surface area contributed by atoms with Crippen LogP contribution in [0.2, 0.25) is 0 Å². The third-order valence-corrected chi connectivity index (χ3v) is 2.69. The molecule has 5 heteroatoms. The maximum absolute atomic E-state index is 5.64. The number of benzene rings is 1. The Bertz CT molecular complexity index is 668. The summed E-state index contributed by atoms with van der Waals surface area (Å²) in [7, 11) is 0. The fourth-order valence-electron chi connectivity index (χ4n) is 1.91. The van der Waals surface area contributed by atoms with E-state index in [4.69, 9.17) is 10.2 Å². The van der Waals surface area contributed by atoms with Gasteiger partial charge in [-0.05, 0) is 12.1 Å². The number of hydrogen-bond donors (Lipinski definition) is 2. The van der Waals surface area contributed by atoms with Crippen molar-refractivity contribution in [3.05, 3.63) is 36.1 Å². The van der Waals surface area contributed by atoms with Crippen molar-refractivity contribution >= 4 is 11.1 Å². The number of aryl methyl sites for hydroxylation is 1. The Balaban J connectivity index is 2.17. The second-order valence-electron chi connectivity index (χ2n) is 3.85. The predicted molar refractivity (Wildman–Crippen MR) is 64.2 cm³/mol. The number of H-pyrrole nitrogens is 1. The second kappa shape index (κ2) is 3.71. The molecule has 2 heterocycles. The van der Waals surface area contributed by atoms with E-state index in [1.807, 2.05) is 25.1 Å². The number of aromatic amines is 1. The highest BCUT2D eigenvalue weighted by Crippen LogP contribution is 2.25. The van der Waals surface area contributed by atoms with Crippen molar-refractivity contribution in [2.45, 2.75) is 13.5 Å². The Morgan fingerprint density at radius 2 is 2.29 bits per heavy atom.